The normalized spacial score (nSPS) is 11.6. The van der Waals surface area contributed by atoms with Crippen molar-refractivity contribution >= 4 is 5.82 Å². The summed E-state index contributed by atoms with van der Waals surface area (Å²) < 4.78 is 0. The highest BCUT2D eigenvalue weighted by Gasteiger charge is 2.17. The Bertz CT molecular complexity index is 553. The van der Waals surface area contributed by atoms with Gasteiger partial charge in [-0.15, -0.1) is 0 Å². The number of nitrogens with two attached hydrogens (primary N) is 1. The van der Waals surface area contributed by atoms with Gasteiger partial charge in [0, 0.05) is 28.9 Å². The van der Waals surface area contributed by atoms with Gasteiger partial charge in [0.1, 0.15) is 5.82 Å². The third-order valence-electron chi connectivity index (χ3n) is 2.68. The highest BCUT2D eigenvalue weighted by Crippen LogP contribution is 2.24. The van der Waals surface area contributed by atoms with E-state index in [0.717, 1.165) is 17.0 Å². The van der Waals surface area contributed by atoms with Crippen LogP contribution in [0.15, 0.2) is 24.4 Å². The lowest BCUT2D eigenvalue weighted by Gasteiger charge is -2.18. The molecule has 0 atom stereocenters. The molecule has 0 fully saturated rings. The largest absolute Gasteiger partial charge is 0.384 e. The van der Waals surface area contributed by atoms with E-state index in [2.05, 4.69) is 35.7 Å². The van der Waals surface area contributed by atoms with E-state index in [0.29, 0.717) is 11.6 Å². The van der Waals surface area contributed by atoms with Gasteiger partial charge in [-0.1, -0.05) is 20.8 Å². The van der Waals surface area contributed by atoms with E-state index < -0.39 is 0 Å². The van der Waals surface area contributed by atoms with E-state index in [4.69, 9.17) is 5.73 Å². The lowest BCUT2D eigenvalue weighted by atomic mass is 9.92. The molecule has 4 nitrogen and oxygen atoms in total. The number of aryl methyl sites for hydroxylation is 1. The molecule has 4 heteroatoms. The van der Waals surface area contributed by atoms with Crippen molar-refractivity contribution in [1.82, 2.24) is 15.0 Å². The average Bonchev–Trinajstić information content (AvgIpc) is 2.28. The summed E-state index contributed by atoms with van der Waals surface area (Å²) in [5.74, 6) is 1.12. The molecule has 0 radical (unpaired) electrons. The Balaban J connectivity index is 2.52. The summed E-state index contributed by atoms with van der Waals surface area (Å²) in [6.07, 6.45) is 1.77. The van der Waals surface area contributed by atoms with Crippen LogP contribution in [0.25, 0.3) is 11.4 Å². The third kappa shape index (κ3) is 2.64. The highest BCUT2D eigenvalue weighted by atomic mass is 15.0. The molecule has 0 saturated carbocycles. The molecule has 2 N–H and O–H groups in total. The van der Waals surface area contributed by atoms with Gasteiger partial charge >= 0.3 is 0 Å². The van der Waals surface area contributed by atoms with Crippen LogP contribution in [0.1, 0.15) is 32.2 Å². The molecular formula is C14H18N4. The second-order valence-corrected chi connectivity index (χ2v) is 5.44. The summed E-state index contributed by atoms with van der Waals surface area (Å²) in [5.41, 5.74) is 8.59. The fourth-order valence-corrected chi connectivity index (χ4v) is 1.58. The van der Waals surface area contributed by atoms with Crippen molar-refractivity contribution in [3.63, 3.8) is 0 Å². The standard InChI is InChI=1S/C14H18N4/c1-9-5-6-10(8-16-9)13-17-11(14(2,3)4)7-12(15)18-13/h5-8H,1-4H3,(H2,15,17,18). The second kappa shape index (κ2) is 4.37. The van der Waals surface area contributed by atoms with Gasteiger partial charge in [0.25, 0.3) is 0 Å². The first-order valence-corrected chi connectivity index (χ1v) is 5.94. The van der Waals surface area contributed by atoms with Crippen molar-refractivity contribution in [1.29, 1.82) is 0 Å². The van der Waals surface area contributed by atoms with Gasteiger partial charge in [-0.05, 0) is 19.1 Å². The van der Waals surface area contributed by atoms with E-state index in [1.807, 2.05) is 25.1 Å². The van der Waals surface area contributed by atoms with Crippen LogP contribution in [0.5, 0.6) is 0 Å². The molecule has 0 aliphatic rings. The van der Waals surface area contributed by atoms with Crippen LogP contribution < -0.4 is 5.73 Å². The Kier molecular flexibility index (Phi) is 3.03. The maximum Gasteiger partial charge on any atom is 0.163 e. The first kappa shape index (κ1) is 12.5. The zero-order chi connectivity index (χ0) is 13.3. The zero-order valence-electron chi connectivity index (χ0n) is 11.2. The quantitative estimate of drug-likeness (QED) is 0.835. The summed E-state index contributed by atoms with van der Waals surface area (Å²) in [6.45, 7) is 8.26. The first-order chi connectivity index (χ1) is 8.36. The SMILES string of the molecule is Cc1ccc(-c2nc(N)cc(C(C)(C)C)n2)cn1. The van der Waals surface area contributed by atoms with Crippen LogP contribution in [-0.2, 0) is 5.41 Å². The number of nitrogen functional groups attached to an aromatic ring is 1. The number of hydrogen-bond acceptors (Lipinski definition) is 4. The minimum atomic E-state index is -0.0517. The number of pyridine rings is 1. The topological polar surface area (TPSA) is 64.7 Å². The molecule has 0 aromatic carbocycles. The Hall–Kier alpha value is -1.97. The van der Waals surface area contributed by atoms with Crippen LogP contribution >= 0.6 is 0 Å². The van der Waals surface area contributed by atoms with E-state index in [9.17, 15) is 0 Å². The predicted octanol–water partition coefficient (Wildman–Crippen LogP) is 2.73. The lowest BCUT2D eigenvalue weighted by Crippen LogP contribution is -2.15. The molecule has 0 aliphatic carbocycles. The van der Waals surface area contributed by atoms with Crippen LogP contribution in [0, 0.1) is 6.92 Å². The molecule has 0 saturated heterocycles. The van der Waals surface area contributed by atoms with Gasteiger partial charge < -0.3 is 5.73 Å². The second-order valence-electron chi connectivity index (χ2n) is 5.44. The Morgan fingerprint density at radius 3 is 2.39 bits per heavy atom. The zero-order valence-corrected chi connectivity index (χ0v) is 11.2. The number of hydrogen-bond donors (Lipinski definition) is 1. The van der Waals surface area contributed by atoms with Crippen molar-refractivity contribution in [3.8, 4) is 11.4 Å². The molecule has 2 rings (SSSR count). The van der Waals surface area contributed by atoms with E-state index in [1.165, 1.54) is 0 Å². The van der Waals surface area contributed by atoms with Crippen LogP contribution in [0.2, 0.25) is 0 Å². The van der Waals surface area contributed by atoms with E-state index in [1.54, 1.807) is 6.20 Å². The molecule has 0 amide bonds. The number of anilines is 1. The smallest absolute Gasteiger partial charge is 0.163 e. The molecule has 94 valence electrons. The average molecular weight is 242 g/mol. The molecule has 2 aromatic heterocycles. The van der Waals surface area contributed by atoms with E-state index >= 15 is 0 Å². The van der Waals surface area contributed by atoms with Gasteiger partial charge in [-0.25, -0.2) is 9.97 Å². The number of aromatic nitrogens is 3. The number of rotatable bonds is 1. The van der Waals surface area contributed by atoms with Gasteiger partial charge in [0.15, 0.2) is 5.82 Å². The fourth-order valence-electron chi connectivity index (χ4n) is 1.58. The Morgan fingerprint density at radius 2 is 1.83 bits per heavy atom. The van der Waals surface area contributed by atoms with Crippen molar-refractivity contribution < 1.29 is 0 Å². The first-order valence-electron chi connectivity index (χ1n) is 5.94. The predicted molar refractivity (Wildman–Crippen MR) is 73.1 cm³/mol. The molecule has 0 unspecified atom stereocenters. The molecule has 2 heterocycles. The molecular weight excluding hydrogens is 224 g/mol. The monoisotopic (exact) mass is 242 g/mol. The minimum absolute atomic E-state index is 0.0517. The molecule has 0 bridgehead atoms. The lowest BCUT2D eigenvalue weighted by molar-refractivity contribution is 0.568. The molecule has 0 aliphatic heterocycles. The van der Waals surface area contributed by atoms with Gasteiger partial charge in [-0.2, -0.15) is 0 Å². The molecule has 2 aromatic rings. The summed E-state index contributed by atoms with van der Waals surface area (Å²) >= 11 is 0. The third-order valence-corrected chi connectivity index (χ3v) is 2.68. The van der Waals surface area contributed by atoms with Crippen molar-refractivity contribution in [3.05, 3.63) is 35.8 Å². The summed E-state index contributed by atoms with van der Waals surface area (Å²) in [5, 5.41) is 0. The Morgan fingerprint density at radius 1 is 1.11 bits per heavy atom. The van der Waals surface area contributed by atoms with Crippen molar-refractivity contribution in [2.75, 3.05) is 5.73 Å². The summed E-state index contributed by atoms with van der Waals surface area (Å²) in [6, 6.07) is 5.73. The maximum atomic E-state index is 5.85. The van der Waals surface area contributed by atoms with Gasteiger partial charge in [0.2, 0.25) is 0 Å². The van der Waals surface area contributed by atoms with E-state index in [-0.39, 0.29) is 5.41 Å². The van der Waals surface area contributed by atoms with Crippen LogP contribution in [0.3, 0.4) is 0 Å². The minimum Gasteiger partial charge on any atom is -0.384 e. The van der Waals surface area contributed by atoms with Gasteiger partial charge in [0.05, 0.1) is 5.69 Å². The van der Waals surface area contributed by atoms with Crippen molar-refractivity contribution in [2.45, 2.75) is 33.1 Å². The number of nitrogens with zero attached hydrogens (tertiary/aromatic N) is 3. The summed E-state index contributed by atoms with van der Waals surface area (Å²) in [4.78, 5) is 13.1. The Labute approximate surface area is 107 Å². The van der Waals surface area contributed by atoms with Crippen LogP contribution in [0.4, 0.5) is 5.82 Å². The summed E-state index contributed by atoms with van der Waals surface area (Å²) in [7, 11) is 0. The fraction of sp³-hybridized carbons (Fsp3) is 0.357. The highest BCUT2D eigenvalue weighted by molar-refractivity contribution is 5.56. The molecule has 0 spiro atoms. The van der Waals surface area contributed by atoms with Crippen molar-refractivity contribution in [2.24, 2.45) is 0 Å². The maximum absolute atomic E-state index is 5.85. The van der Waals surface area contributed by atoms with Gasteiger partial charge in [-0.3, -0.25) is 4.98 Å². The van der Waals surface area contributed by atoms with Crippen LogP contribution in [-0.4, -0.2) is 15.0 Å². The molecule has 18 heavy (non-hydrogen) atoms.